The lowest BCUT2D eigenvalue weighted by Gasteiger charge is -2.71. The molecule has 2 bridgehead atoms. The maximum atomic E-state index is 14.6. The molecule has 45 heavy (non-hydrogen) atoms. The number of nitrogens with zero attached hydrogens (tertiary/aromatic N) is 1. The van der Waals surface area contributed by atoms with Crippen molar-refractivity contribution in [2.24, 2.45) is 33.5 Å². The van der Waals surface area contributed by atoms with E-state index in [4.69, 9.17) is 0 Å². The first-order chi connectivity index (χ1) is 21.4. The average Bonchev–Trinajstić information content (AvgIpc) is 3.57. The first kappa shape index (κ1) is 30.9. The molecule has 1 heterocycles. The minimum Gasteiger partial charge on any atom is -0.393 e. The largest absolute Gasteiger partial charge is 0.393 e. The molecule has 6 nitrogen and oxygen atoms in total. The molecule has 3 saturated carbocycles. The number of aliphatic hydroxyl groups is 2. The highest BCUT2D eigenvalue weighted by molar-refractivity contribution is 7.14. The van der Waals surface area contributed by atoms with Gasteiger partial charge in [0, 0.05) is 38.9 Å². The van der Waals surface area contributed by atoms with Crippen molar-refractivity contribution in [1.82, 2.24) is 4.90 Å². The average molecular weight is 629 g/mol. The smallest absolute Gasteiger partial charge is 0.321 e. The molecular formula is C38H48N2O4S. The molecule has 0 aliphatic heterocycles. The van der Waals surface area contributed by atoms with Crippen LogP contribution in [0.25, 0.3) is 0 Å². The lowest BCUT2D eigenvalue weighted by atomic mass is 9.32. The van der Waals surface area contributed by atoms with E-state index in [2.05, 4.69) is 44.3 Å². The zero-order valence-corrected chi connectivity index (χ0v) is 28.0. The number of fused-ring (bicyclic) bond motifs is 1. The monoisotopic (exact) mass is 628 g/mol. The molecule has 2 spiro atoms. The number of ketones is 1. The summed E-state index contributed by atoms with van der Waals surface area (Å²) in [6.07, 6.45) is 12.9. The molecule has 7 heteroatoms. The van der Waals surface area contributed by atoms with Gasteiger partial charge in [0.2, 0.25) is 0 Å². The second-order valence-electron chi connectivity index (χ2n) is 15.3. The van der Waals surface area contributed by atoms with Crippen LogP contribution in [0.1, 0.15) is 86.7 Å². The predicted molar refractivity (Wildman–Crippen MR) is 179 cm³/mol. The molecule has 8 atom stereocenters. The molecule has 2 aromatic rings. The van der Waals surface area contributed by atoms with Crippen LogP contribution in [0.2, 0.25) is 0 Å². The third kappa shape index (κ3) is 4.33. The molecule has 1 aromatic heterocycles. The number of benzene rings is 1. The summed E-state index contributed by atoms with van der Waals surface area (Å²) in [4.78, 5) is 31.9. The fourth-order valence-corrected chi connectivity index (χ4v) is 11.7. The lowest BCUT2D eigenvalue weighted by Crippen LogP contribution is -2.67. The van der Waals surface area contributed by atoms with Gasteiger partial charge in [-0.05, 0) is 99.8 Å². The maximum absolute atomic E-state index is 14.6. The summed E-state index contributed by atoms with van der Waals surface area (Å²) in [6.45, 7) is 9.58. The third-order valence-corrected chi connectivity index (χ3v) is 14.2. The number of para-hydroxylation sites is 1. The van der Waals surface area contributed by atoms with Crippen LogP contribution in [0.4, 0.5) is 10.5 Å². The Labute approximate surface area is 271 Å². The summed E-state index contributed by atoms with van der Waals surface area (Å²) in [5, 5.41) is 26.7. The van der Waals surface area contributed by atoms with Gasteiger partial charge in [-0.15, -0.1) is 11.3 Å². The highest BCUT2D eigenvalue weighted by Crippen LogP contribution is 2.78. The van der Waals surface area contributed by atoms with E-state index in [-0.39, 0.29) is 47.1 Å². The number of thiophene rings is 1. The summed E-state index contributed by atoms with van der Waals surface area (Å²) in [6, 6.07) is 13.3. The van der Waals surface area contributed by atoms with Crippen molar-refractivity contribution in [3.8, 4) is 0 Å². The highest BCUT2D eigenvalue weighted by Gasteiger charge is 2.74. The van der Waals surface area contributed by atoms with Crippen LogP contribution < -0.4 is 5.32 Å². The van der Waals surface area contributed by atoms with Crippen LogP contribution in [-0.2, 0) is 0 Å². The van der Waals surface area contributed by atoms with Crippen LogP contribution in [0.3, 0.4) is 0 Å². The summed E-state index contributed by atoms with van der Waals surface area (Å²) < 4.78 is 0. The number of rotatable bonds is 7. The number of anilines is 1. The second kappa shape index (κ2) is 10.6. The van der Waals surface area contributed by atoms with E-state index in [0.717, 1.165) is 59.5 Å². The van der Waals surface area contributed by atoms with Crippen LogP contribution in [0, 0.1) is 40.4 Å². The molecule has 6 aliphatic rings. The molecule has 2 amide bonds. The predicted octanol–water partition coefficient (Wildman–Crippen LogP) is 7.77. The Morgan fingerprint density at radius 3 is 2.40 bits per heavy atom. The molecule has 1 unspecified atom stereocenters. The molecule has 3 N–H and O–H groups in total. The zero-order chi connectivity index (χ0) is 31.8. The number of carbonyl (C=O) groups excluding carboxylic acids is 2. The van der Waals surface area contributed by atoms with Gasteiger partial charge in [0.15, 0.2) is 5.78 Å². The molecular weight excluding hydrogens is 580 g/mol. The van der Waals surface area contributed by atoms with Crippen LogP contribution in [0.5, 0.6) is 0 Å². The number of amides is 2. The first-order valence-corrected chi connectivity index (χ1v) is 17.8. The van der Waals surface area contributed by atoms with Gasteiger partial charge in [-0.2, -0.15) is 0 Å². The number of allylic oxidation sites excluding steroid dienone is 4. The molecule has 0 saturated heterocycles. The van der Waals surface area contributed by atoms with E-state index in [1.165, 1.54) is 0 Å². The van der Waals surface area contributed by atoms with Gasteiger partial charge in [-0.1, -0.05) is 57.2 Å². The Balaban J connectivity index is 1.28. The van der Waals surface area contributed by atoms with E-state index in [0.29, 0.717) is 19.4 Å². The minimum absolute atomic E-state index is 0.0592. The normalized spacial score (nSPS) is 39.4. The van der Waals surface area contributed by atoms with Crippen LogP contribution >= 0.6 is 11.3 Å². The van der Waals surface area contributed by atoms with E-state index in [1.54, 1.807) is 16.2 Å². The van der Waals surface area contributed by atoms with Crippen LogP contribution in [-0.4, -0.2) is 51.7 Å². The van der Waals surface area contributed by atoms with Crippen molar-refractivity contribution in [2.75, 3.05) is 18.4 Å². The molecule has 8 rings (SSSR count). The molecule has 240 valence electrons. The SMILES string of the molecule is CCCN(C[C@]1(O)CC[C@H]2[C@]34C=C[C@@]5(C=C3C(=O)c3ccc(C)s3)CC(O)CC[C@]5(C)[C@H]4CC[C@@]21C)C(=O)Nc1ccccc1. The van der Waals surface area contributed by atoms with Crippen molar-refractivity contribution in [1.29, 1.82) is 0 Å². The van der Waals surface area contributed by atoms with Gasteiger partial charge >= 0.3 is 6.03 Å². The number of aryl methyl sites for hydroxylation is 1. The van der Waals surface area contributed by atoms with Gasteiger partial charge in [0.25, 0.3) is 0 Å². The van der Waals surface area contributed by atoms with E-state index in [1.807, 2.05) is 49.4 Å². The number of hydrogen-bond acceptors (Lipinski definition) is 5. The van der Waals surface area contributed by atoms with Crippen LogP contribution in [0.15, 0.2) is 66.3 Å². The Morgan fingerprint density at radius 2 is 1.69 bits per heavy atom. The van der Waals surface area contributed by atoms with Gasteiger partial charge < -0.3 is 20.4 Å². The number of urea groups is 1. The quantitative estimate of drug-likeness (QED) is 0.216. The van der Waals surface area contributed by atoms with E-state index < -0.39 is 16.4 Å². The van der Waals surface area contributed by atoms with Crippen molar-refractivity contribution in [2.45, 2.75) is 90.8 Å². The Hall–Kier alpha value is -2.74. The van der Waals surface area contributed by atoms with Gasteiger partial charge in [0.05, 0.1) is 23.1 Å². The maximum Gasteiger partial charge on any atom is 0.321 e. The molecule has 3 fully saturated rings. The summed E-state index contributed by atoms with van der Waals surface area (Å²) in [5.74, 6) is 0.420. The molecule has 0 radical (unpaired) electrons. The second-order valence-corrected chi connectivity index (χ2v) is 16.6. The van der Waals surface area contributed by atoms with Crippen molar-refractivity contribution in [3.63, 3.8) is 0 Å². The minimum atomic E-state index is -1.09. The third-order valence-electron chi connectivity index (χ3n) is 13.2. The van der Waals surface area contributed by atoms with Crippen molar-refractivity contribution >= 4 is 28.8 Å². The van der Waals surface area contributed by atoms with E-state index in [9.17, 15) is 19.8 Å². The van der Waals surface area contributed by atoms with Gasteiger partial charge in [-0.3, -0.25) is 4.79 Å². The van der Waals surface area contributed by atoms with Gasteiger partial charge in [0.1, 0.15) is 0 Å². The Morgan fingerprint density at radius 1 is 0.978 bits per heavy atom. The number of carbonyl (C=O) groups is 2. The molecule has 6 aliphatic carbocycles. The fraction of sp³-hybridized carbons (Fsp3) is 0.579. The number of Topliss-reactive ketones (excluding diaryl/α,β-unsaturated/α-hetero) is 1. The Bertz CT molecular complexity index is 1570. The van der Waals surface area contributed by atoms with Crippen molar-refractivity contribution in [3.05, 3.63) is 76.0 Å². The first-order valence-electron chi connectivity index (χ1n) is 17.0. The summed E-state index contributed by atoms with van der Waals surface area (Å²) in [7, 11) is 0. The topological polar surface area (TPSA) is 89.9 Å². The zero-order valence-electron chi connectivity index (χ0n) is 27.1. The fourth-order valence-electron chi connectivity index (χ4n) is 10.8. The molecule has 1 aromatic carbocycles. The number of aliphatic hydroxyl groups excluding tert-OH is 1. The van der Waals surface area contributed by atoms with Crippen molar-refractivity contribution < 1.29 is 19.8 Å². The van der Waals surface area contributed by atoms with E-state index >= 15 is 0 Å². The van der Waals surface area contributed by atoms with Gasteiger partial charge in [-0.25, -0.2) is 4.79 Å². The Kier molecular flexibility index (Phi) is 7.31. The number of nitrogens with one attached hydrogen (secondary N) is 1. The highest BCUT2D eigenvalue weighted by atomic mass is 32.1. The summed E-state index contributed by atoms with van der Waals surface area (Å²) >= 11 is 1.56. The number of hydrogen-bond donors (Lipinski definition) is 3. The summed E-state index contributed by atoms with van der Waals surface area (Å²) in [5.41, 5.74) is -0.848. The standard InChI is InChI=1S/C38H48N2O4S/c1-5-21-40(33(43)39-26-9-7-6-8-10-26)24-37(44)18-15-31-35(37,4)17-14-30-34(3)16-13-27(41)22-36(34)19-20-38(30,31)28(23-36)32(42)29-12-11-25(2)45-29/h6-12,19-20,23,27,30-31,41,44H,5,13-18,21-22,24H2,1-4H3,(H,39,43)/t27?,30-,31-,34-,35+,36+,37-,38-/m1/s1. The lowest BCUT2D eigenvalue weighted by molar-refractivity contribution is -0.174.